The summed E-state index contributed by atoms with van der Waals surface area (Å²) in [5.41, 5.74) is 7.41. The van der Waals surface area contributed by atoms with Gasteiger partial charge in [0.15, 0.2) is 5.78 Å². The Bertz CT molecular complexity index is 2030. The molecule has 1 aliphatic rings. The summed E-state index contributed by atoms with van der Waals surface area (Å²) in [6.45, 7) is 21.1. The van der Waals surface area contributed by atoms with Gasteiger partial charge in [0.2, 0.25) is 0 Å². The van der Waals surface area contributed by atoms with Crippen LogP contribution in [-0.2, 0) is 30.3 Å². The average molecular weight is 846 g/mol. The largest absolute Gasteiger partial charge is 0.512 e. The fourth-order valence-corrected chi connectivity index (χ4v) is 7.09. The smallest absolute Gasteiger partial charge is 0.164 e. The number of allylic oxidation sites excluding steroid dienone is 2. The van der Waals surface area contributed by atoms with Gasteiger partial charge < -0.3 is 5.11 Å². The summed E-state index contributed by atoms with van der Waals surface area (Å²) in [6.07, 6.45) is 6.48. The molecule has 5 aromatic rings. The van der Waals surface area contributed by atoms with Crippen molar-refractivity contribution in [1.29, 1.82) is 0 Å². The molecule has 0 saturated carbocycles. The maximum atomic E-state index is 12.2. The monoisotopic (exact) mass is 846 g/mol. The van der Waals surface area contributed by atoms with Gasteiger partial charge in [0.1, 0.15) is 12.1 Å². The molecule has 0 saturated heterocycles. The second-order valence-electron chi connectivity index (χ2n) is 15.0. The van der Waals surface area contributed by atoms with Gasteiger partial charge in [-0.15, -0.1) is 23.3 Å². The van der Waals surface area contributed by atoms with E-state index < -0.39 is 0 Å². The summed E-state index contributed by atoms with van der Waals surface area (Å²) in [4.78, 5) is 21.9. The van der Waals surface area contributed by atoms with Crippen LogP contribution in [-0.4, -0.2) is 20.9 Å². The maximum Gasteiger partial charge on any atom is 0.164 e. The standard InChI is InChI=1S/C30H25N2.C15H28O2.Ir/c1-18(2)20-14-15-24(23-12-8-7-11-22(20)23)28-27-26-21-10-6-5-9-19(21)13-16-25(26)30(3,4)29(27)32-17-31-28;1-7-14(5,8-2)12(16)11-13(17)15(6,9-3)10-4;/h5-14,16-18H,1-4H3;11,16H,7-10H2,1-6H3;/q-1;;/b;12-11-;. The molecule has 1 aliphatic carbocycles. The molecule has 0 atom stereocenters. The van der Waals surface area contributed by atoms with Gasteiger partial charge in [0, 0.05) is 48.1 Å². The van der Waals surface area contributed by atoms with Crippen molar-refractivity contribution >= 4 is 27.3 Å². The van der Waals surface area contributed by atoms with Crippen molar-refractivity contribution in [2.75, 3.05) is 0 Å². The van der Waals surface area contributed by atoms with Crippen LogP contribution in [0.4, 0.5) is 0 Å². The number of carbonyl (C=O) groups is 1. The first-order valence-electron chi connectivity index (χ1n) is 18.0. The molecular weight excluding hydrogens is 793 g/mol. The van der Waals surface area contributed by atoms with Gasteiger partial charge in [-0.2, -0.15) is 0 Å². The zero-order valence-corrected chi connectivity index (χ0v) is 33.9. The summed E-state index contributed by atoms with van der Waals surface area (Å²) in [6, 6.07) is 27.6. The van der Waals surface area contributed by atoms with E-state index in [0.29, 0.717) is 5.92 Å². The van der Waals surface area contributed by atoms with Crippen molar-refractivity contribution in [3.05, 3.63) is 108 Å². The van der Waals surface area contributed by atoms with E-state index in [1.54, 1.807) is 6.33 Å². The average Bonchev–Trinajstić information content (AvgIpc) is 3.36. The van der Waals surface area contributed by atoms with Crippen molar-refractivity contribution < 1.29 is 30.0 Å². The molecule has 50 heavy (non-hydrogen) atoms. The normalized spacial score (nSPS) is 13.8. The summed E-state index contributed by atoms with van der Waals surface area (Å²) in [5, 5.41) is 15.1. The summed E-state index contributed by atoms with van der Waals surface area (Å²) >= 11 is 0. The summed E-state index contributed by atoms with van der Waals surface area (Å²) in [7, 11) is 0. The van der Waals surface area contributed by atoms with E-state index in [1.165, 1.54) is 44.3 Å². The molecule has 1 heterocycles. The van der Waals surface area contributed by atoms with E-state index in [-0.39, 0.29) is 47.9 Å². The number of benzene rings is 4. The predicted molar refractivity (Wildman–Crippen MR) is 206 cm³/mol. The second kappa shape index (κ2) is 15.3. The number of aliphatic hydroxyl groups is 1. The third kappa shape index (κ3) is 6.84. The molecule has 5 heteroatoms. The number of aliphatic hydroxyl groups excluding tert-OH is 1. The zero-order valence-electron chi connectivity index (χ0n) is 31.5. The van der Waals surface area contributed by atoms with Gasteiger partial charge in [-0.05, 0) is 53.1 Å². The van der Waals surface area contributed by atoms with E-state index in [9.17, 15) is 9.90 Å². The number of hydrogen-bond donors (Lipinski definition) is 1. The van der Waals surface area contributed by atoms with Gasteiger partial charge in [0.25, 0.3) is 0 Å². The number of nitrogens with zero attached hydrogens (tertiary/aromatic N) is 2. The predicted octanol–water partition coefficient (Wildman–Crippen LogP) is 12.3. The molecule has 6 rings (SSSR count). The van der Waals surface area contributed by atoms with E-state index in [4.69, 9.17) is 9.97 Å². The summed E-state index contributed by atoms with van der Waals surface area (Å²) in [5.74, 6) is 0.721. The van der Waals surface area contributed by atoms with Crippen LogP contribution in [0.3, 0.4) is 0 Å². The number of rotatable bonds is 9. The van der Waals surface area contributed by atoms with Crippen molar-refractivity contribution in [1.82, 2.24) is 9.97 Å². The molecule has 1 aromatic heterocycles. The van der Waals surface area contributed by atoms with Crippen LogP contribution in [0.5, 0.6) is 0 Å². The fourth-order valence-electron chi connectivity index (χ4n) is 7.09. The first kappa shape index (κ1) is 39.1. The van der Waals surface area contributed by atoms with Gasteiger partial charge in [-0.25, -0.2) is 4.98 Å². The Morgan fingerprint density at radius 2 is 1.40 bits per heavy atom. The van der Waals surface area contributed by atoms with E-state index >= 15 is 0 Å². The molecule has 0 unspecified atom stereocenters. The van der Waals surface area contributed by atoms with E-state index in [1.807, 2.05) is 41.5 Å². The van der Waals surface area contributed by atoms with Gasteiger partial charge >= 0.3 is 0 Å². The summed E-state index contributed by atoms with van der Waals surface area (Å²) < 4.78 is 0. The van der Waals surface area contributed by atoms with Crippen LogP contribution in [0.1, 0.15) is 118 Å². The van der Waals surface area contributed by atoms with Crippen LogP contribution in [0.15, 0.2) is 84.9 Å². The Morgan fingerprint density at radius 3 is 2.00 bits per heavy atom. The van der Waals surface area contributed by atoms with Gasteiger partial charge in [-0.3, -0.25) is 9.78 Å². The second-order valence-corrected chi connectivity index (χ2v) is 15.0. The van der Waals surface area contributed by atoms with E-state index in [2.05, 4.69) is 100 Å². The minimum atomic E-state index is -0.337. The third-order valence-electron chi connectivity index (χ3n) is 11.6. The minimum Gasteiger partial charge on any atom is -0.512 e. The first-order chi connectivity index (χ1) is 23.3. The van der Waals surface area contributed by atoms with Crippen LogP contribution < -0.4 is 0 Å². The van der Waals surface area contributed by atoms with Crippen molar-refractivity contribution in [3.8, 4) is 22.4 Å². The van der Waals surface area contributed by atoms with E-state index in [0.717, 1.165) is 48.2 Å². The van der Waals surface area contributed by atoms with Crippen molar-refractivity contribution in [2.24, 2.45) is 10.8 Å². The molecule has 0 bridgehead atoms. The Morgan fingerprint density at radius 1 is 0.820 bits per heavy atom. The molecule has 1 N–H and O–H groups in total. The van der Waals surface area contributed by atoms with Crippen LogP contribution in [0, 0.1) is 16.9 Å². The van der Waals surface area contributed by atoms with Crippen LogP contribution in [0.25, 0.3) is 43.9 Å². The Balaban J connectivity index is 0.000000269. The fraction of sp³-hybridized carbons (Fsp3) is 0.400. The van der Waals surface area contributed by atoms with Gasteiger partial charge in [-0.1, -0.05) is 147 Å². The van der Waals surface area contributed by atoms with Crippen molar-refractivity contribution in [2.45, 2.75) is 106 Å². The zero-order chi connectivity index (χ0) is 35.7. The molecule has 4 nitrogen and oxygen atoms in total. The molecule has 0 fully saturated rings. The molecular formula is C45H53IrN2O2-. The minimum absolute atomic E-state index is 0. The molecule has 0 amide bonds. The number of carbonyl (C=O) groups excluding carboxylic acids is 1. The van der Waals surface area contributed by atoms with Gasteiger partial charge in [0.05, 0.1) is 5.69 Å². The number of fused-ring (bicyclic) bond motifs is 6. The SMILES string of the molecule is CC(C)c1c[c-]c(-c2ncnc3c2-c2c(ccc4ccccc24)C3(C)C)c2ccccc12.CCC(C)(CC)C(=O)/C=C(\O)C(C)(CC)CC.[Ir]. The molecule has 0 spiro atoms. The Labute approximate surface area is 313 Å². The quantitative estimate of drug-likeness (QED) is 0.0912. The Kier molecular flexibility index (Phi) is 12.0. The number of hydrogen-bond acceptors (Lipinski definition) is 4. The van der Waals surface area contributed by atoms with Crippen LogP contribution >= 0.6 is 0 Å². The maximum absolute atomic E-state index is 12.2. The topological polar surface area (TPSA) is 63.1 Å². The molecule has 0 aliphatic heterocycles. The number of aromatic nitrogens is 2. The third-order valence-corrected chi connectivity index (χ3v) is 11.6. The number of ketones is 1. The Hall–Kier alpha value is -3.66. The first-order valence-corrected chi connectivity index (χ1v) is 18.0. The molecule has 1 radical (unpaired) electrons. The molecule has 4 aromatic carbocycles. The van der Waals surface area contributed by atoms with Crippen LogP contribution in [0.2, 0.25) is 0 Å². The molecule has 265 valence electrons. The van der Waals surface area contributed by atoms with Crippen molar-refractivity contribution in [3.63, 3.8) is 0 Å².